The summed E-state index contributed by atoms with van der Waals surface area (Å²) in [7, 11) is 2.10. The summed E-state index contributed by atoms with van der Waals surface area (Å²) in [5, 5.41) is 1.29. The van der Waals surface area contributed by atoms with Crippen LogP contribution < -0.4 is 5.73 Å². The minimum absolute atomic E-state index is 0.0340. The molecule has 1 aliphatic carbocycles. The van der Waals surface area contributed by atoms with E-state index in [4.69, 9.17) is 5.73 Å². The quantitative estimate of drug-likeness (QED) is 0.726. The van der Waals surface area contributed by atoms with Crippen molar-refractivity contribution in [1.29, 1.82) is 0 Å². The first-order valence-corrected chi connectivity index (χ1v) is 5.04. The highest BCUT2D eigenvalue weighted by Crippen LogP contribution is 2.44. The number of aromatic nitrogens is 1. The molecule has 1 heterocycles. The van der Waals surface area contributed by atoms with Crippen LogP contribution >= 0.6 is 0 Å². The third-order valence-corrected chi connectivity index (χ3v) is 3.25. The molecule has 0 amide bonds. The number of rotatable bonds is 1. The van der Waals surface area contributed by atoms with Crippen LogP contribution in [0.3, 0.4) is 0 Å². The van der Waals surface area contributed by atoms with Crippen molar-refractivity contribution in [3.8, 4) is 0 Å². The van der Waals surface area contributed by atoms with Crippen molar-refractivity contribution >= 4 is 10.9 Å². The lowest BCUT2D eigenvalue weighted by atomic mass is 10.2. The Kier molecular flexibility index (Phi) is 1.38. The molecule has 1 aliphatic rings. The van der Waals surface area contributed by atoms with E-state index in [1.807, 2.05) is 0 Å². The maximum absolute atomic E-state index is 6.21. The Morgan fingerprint density at radius 1 is 1.29 bits per heavy atom. The number of hydrogen-bond donors (Lipinski definition) is 1. The van der Waals surface area contributed by atoms with Crippen LogP contribution in [0.4, 0.5) is 0 Å². The standard InChI is InChI=1S/C12H14N2/c1-14-10-5-3-2-4-9(10)8-11(14)12(13)6-7-12/h2-5,8H,6-7,13H2,1H3. The molecule has 1 fully saturated rings. The second kappa shape index (κ2) is 2.39. The Hall–Kier alpha value is -1.28. The van der Waals surface area contributed by atoms with Crippen molar-refractivity contribution in [1.82, 2.24) is 4.57 Å². The summed E-state index contributed by atoms with van der Waals surface area (Å²) in [6, 6.07) is 10.7. The molecule has 0 radical (unpaired) electrons. The first-order valence-electron chi connectivity index (χ1n) is 5.04. The van der Waals surface area contributed by atoms with Gasteiger partial charge in [0.25, 0.3) is 0 Å². The first-order chi connectivity index (χ1) is 6.71. The third kappa shape index (κ3) is 0.946. The van der Waals surface area contributed by atoms with Crippen LogP contribution in [0, 0.1) is 0 Å². The van der Waals surface area contributed by atoms with Crippen molar-refractivity contribution in [3.63, 3.8) is 0 Å². The van der Waals surface area contributed by atoms with E-state index in [1.54, 1.807) is 0 Å². The van der Waals surface area contributed by atoms with Gasteiger partial charge in [-0.15, -0.1) is 0 Å². The number of nitrogens with zero attached hydrogens (tertiary/aromatic N) is 1. The van der Waals surface area contributed by atoms with Crippen LogP contribution in [0.2, 0.25) is 0 Å². The van der Waals surface area contributed by atoms with E-state index in [1.165, 1.54) is 16.6 Å². The van der Waals surface area contributed by atoms with Gasteiger partial charge in [-0.3, -0.25) is 0 Å². The molecular weight excluding hydrogens is 172 g/mol. The fourth-order valence-electron chi connectivity index (χ4n) is 2.16. The lowest BCUT2D eigenvalue weighted by Gasteiger charge is -2.10. The van der Waals surface area contributed by atoms with Crippen molar-refractivity contribution in [2.75, 3.05) is 0 Å². The van der Waals surface area contributed by atoms with Crippen LogP contribution in [-0.4, -0.2) is 4.57 Å². The normalized spacial score (nSPS) is 18.7. The summed E-state index contributed by atoms with van der Waals surface area (Å²) in [4.78, 5) is 0. The van der Waals surface area contributed by atoms with E-state index in [2.05, 4.69) is 41.9 Å². The van der Waals surface area contributed by atoms with Crippen LogP contribution in [0.1, 0.15) is 18.5 Å². The van der Waals surface area contributed by atoms with E-state index < -0.39 is 0 Å². The summed E-state index contributed by atoms with van der Waals surface area (Å²) in [5.41, 5.74) is 8.73. The fourth-order valence-corrected chi connectivity index (χ4v) is 2.16. The smallest absolute Gasteiger partial charge is 0.0565 e. The van der Waals surface area contributed by atoms with Crippen molar-refractivity contribution in [2.45, 2.75) is 18.4 Å². The van der Waals surface area contributed by atoms with Crippen LogP contribution in [-0.2, 0) is 12.6 Å². The van der Waals surface area contributed by atoms with E-state index in [0.717, 1.165) is 12.8 Å². The lowest BCUT2D eigenvalue weighted by Crippen LogP contribution is -2.21. The Labute approximate surface area is 83.3 Å². The second-order valence-electron chi connectivity index (χ2n) is 4.30. The highest BCUT2D eigenvalue weighted by Gasteiger charge is 2.42. The maximum Gasteiger partial charge on any atom is 0.0565 e. The van der Waals surface area contributed by atoms with Gasteiger partial charge >= 0.3 is 0 Å². The minimum Gasteiger partial charge on any atom is -0.346 e. The Morgan fingerprint density at radius 3 is 2.64 bits per heavy atom. The van der Waals surface area contributed by atoms with E-state index in [0.29, 0.717) is 0 Å². The van der Waals surface area contributed by atoms with E-state index >= 15 is 0 Å². The third-order valence-electron chi connectivity index (χ3n) is 3.25. The maximum atomic E-state index is 6.21. The van der Waals surface area contributed by atoms with Crippen LogP contribution in [0.15, 0.2) is 30.3 Å². The zero-order valence-corrected chi connectivity index (χ0v) is 8.33. The average molecular weight is 186 g/mol. The van der Waals surface area contributed by atoms with Gasteiger partial charge in [-0.25, -0.2) is 0 Å². The van der Waals surface area contributed by atoms with Gasteiger partial charge in [-0.1, -0.05) is 18.2 Å². The molecule has 14 heavy (non-hydrogen) atoms. The molecule has 0 aliphatic heterocycles. The second-order valence-corrected chi connectivity index (χ2v) is 4.30. The molecule has 2 nitrogen and oxygen atoms in total. The summed E-state index contributed by atoms with van der Waals surface area (Å²) in [5.74, 6) is 0. The van der Waals surface area contributed by atoms with Gasteiger partial charge in [-0.05, 0) is 30.4 Å². The molecule has 0 spiro atoms. The summed E-state index contributed by atoms with van der Waals surface area (Å²) >= 11 is 0. The highest BCUT2D eigenvalue weighted by atomic mass is 15.0. The molecular formula is C12H14N2. The number of para-hydroxylation sites is 1. The number of hydrogen-bond acceptors (Lipinski definition) is 1. The van der Waals surface area contributed by atoms with Gasteiger partial charge in [0.15, 0.2) is 0 Å². The van der Waals surface area contributed by atoms with Crippen LogP contribution in [0.25, 0.3) is 10.9 Å². The molecule has 0 bridgehead atoms. The van der Waals surface area contributed by atoms with Gasteiger partial charge in [0.1, 0.15) is 0 Å². The van der Waals surface area contributed by atoms with Gasteiger partial charge < -0.3 is 10.3 Å². The molecule has 0 unspecified atom stereocenters. The zero-order valence-electron chi connectivity index (χ0n) is 8.33. The Balaban J connectivity index is 2.31. The average Bonchev–Trinajstić information content (AvgIpc) is 2.84. The largest absolute Gasteiger partial charge is 0.346 e. The number of benzene rings is 1. The topological polar surface area (TPSA) is 30.9 Å². The zero-order chi connectivity index (χ0) is 9.76. The molecule has 1 aromatic carbocycles. The number of fused-ring (bicyclic) bond motifs is 1. The molecule has 3 rings (SSSR count). The summed E-state index contributed by atoms with van der Waals surface area (Å²) < 4.78 is 2.22. The summed E-state index contributed by atoms with van der Waals surface area (Å²) in [6.45, 7) is 0. The van der Waals surface area contributed by atoms with E-state index in [-0.39, 0.29) is 5.54 Å². The molecule has 1 aromatic heterocycles. The van der Waals surface area contributed by atoms with Gasteiger partial charge in [0.2, 0.25) is 0 Å². The molecule has 2 N–H and O–H groups in total. The fraction of sp³-hybridized carbons (Fsp3) is 0.333. The number of aryl methyl sites for hydroxylation is 1. The molecule has 0 saturated heterocycles. The van der Waals surface area contributed by atoms with Gasteiger partial charge in [0.05, 0.1) is 5.54 Å². The molecule has 2 heteroatoms. The monoisotopic (exact) mass is 186 g/mol. The predicted octanol–water partition coefficient (Wildman–Crippen LogP) is 2.13. The molecule has 2 aromatic rings. The summed E-state index contributed by atoms with van der Waals surface area (Å²) in [6.07, 6.45) is 2.24. The number of nitrogens with two attached hydrogens (primary N) is 1. The van der Waals surface area contributed by atoms with Crippen molar-refractivity contribution < 1.29 is 0 Å². The van der Waals surface area contributed by atoms with Gasteiger partial charge in [0, 0.05) is 18.3 Å². The Bertz CT molecular complexity index is 492. The minimum atomic E-state index is -0.0340. The predicted molar refractivity (Wildman–Crippen MR) is 58.0 cm³/mol. The van der Waals surface area contributed by atoms with Gasteiger partial charge in [-0.2, -0.15) is 0 Å². The van der Waals surface area contributed by atoms with Crippen LogP contribution in [0.5, 0.6) is 0 Å². The van der Waals surface area contributed by atoms with E-state index in [9.17, 15) is 0 Å². The molecule has 0 atom stereocenters. The lowest BCUT2D eigenvalue weighted by molar-refractivity contribution is 0.667. The SMILES string of the molecule is Cn1c(C2(N)CC2)cc2ccccc21. The van der Waals surface area contributed by atoms with Crippen molar-refractivity contribution in [2.24, 2.45) is 12.8 Å². The first kappa shape index (κ1) is 8.06. The van der Waals surface area contributed by atoms with Crippen molar-refractivity contribution in [3.05, 3.63) is 36.0 Å². The highest BCUT2D eigenvalue weighted by molar-refractivity contribution is 5.81. The molecule has 72 valence electrons. The molecule has 1 saturated carbocycles. The Morgan fingerprint density at radius 2 is 2.00 bits per heavy atom.